The maximum atomic E-state index is 12.8. The zero-order valence-corrected chi connectivity index (χ0v) is 17.0. The number of hydrogen-bond acceptors (Lipinski definition) is 6. The number of rotatable bonds is 7. The molecule has 0 aliphatic heterocycles. The van der Waals surface area contributed by atoms with Crippen LogP contribution in [0.15, 0.2) is 33.8 Å². The van der Waals surface area contributed by atoms with Crippen molar-refractivity contribution >= 4 is 54.4 Å². The first kappa shape index (κ1) is 19.6. The minimum Gasteiger partial charge on any atom is -0.480 e. The Balaban J connectivity index is 1.99. The third-order valence-electron chi connectivity index (χ3n) is 3.42. The summed E-state index contributed by atoms with van der Waals surface area (Å²) in [4.78, 5) is 10.8. The molecule has 0 unspecified atom stereocenters. The van der Waals surface area contributed by atoms with E-state index in [2.05, 4.69) is 35.6 Å². The minimum absolute atomic E-state index is 0.00845. The molecule has 0 spiro atoms. The molecule has 0 atom stereocenters. The summed E-state index contributed by atoms with van der Waals surface area (Å²) < 4.78 is 50.7. The van der Waals surface area contributed by atoms with Gasteiger partial charge in [0.25, 0.3) is 10.0 Å². The van der Waals surface area contributed by atoms with E-state index in [9.17, 15) is 12.8 Å². The molecule has 0 radical (unpaired) electrons. The number of anilines is 1. The molecule has 1 aromatic carbocycles. The third-order valence-corrected chi connectivity index (χ3v) is 5.70. The molecule has 0 bridgehead atoms. The summed E-state index contributed by atoms with van der Waals surface area (Å²) in [5, 5.41) is 0.918. The van der Waals surface area contributed by atoms with E-state index in [1.807, 2.05) is 0 Å². The number of benzene rings is 1. The smallest absolute Gasteiger partial charge is 0.266 e. The number of methoxy groups -OCH3 is 1. The van der Waals surface area contributed by atoms with Gasteiger partial charge in [0.2, 0.25) is 17.7 Å². The largest absolute Gasteiger partial charge is 0.480 e. The van der Waals surface area contributed by atoms with Gasteiger partial charge in [-0.3, -0.25) is 0 Å². The van der Waals surface area contributed by atoms with Gasteiger partial charge in [-0.05, 0) is 34.1 Å². The van der Waals surface area contributed by atoms with E-state index in [4.69, 9.17) is 21.1 Å². The van der Waals surface area contributed by atoms with Crippen molar-refractivity contribution in [3.63, 3.8) is 0 Å². The number of sulfonamides is 1. The van der Waals surface area contributed by atoms with Crippen LogP contribution in [0.4, 0.5) is 10.3 Å². The van der Waals surface area contributed by atoms with E-state index in [1.54, 1.807) is 18.2 Å². The molecule has 2 heterocycles. The summed E-state index contributed by atoms with van der Waals surface area (Å²) in [6, 6.07) is 4.78. The van der Waals surface area contributed by atoms with Gasteiger partial charge in [-0.2, -0.15) is 9.97 Å². The summed E-state index contributed by atoms with van der Waals surface area (Å²) in [7, 11) is -2.69. The van der Waals surface area contributed by atoms with Crippen LogP contribution >= 0.6 is 27.5 Å². The highest BCUT2D eigenvalue weighted by Gasteiger charge is 2.23. The zero-order chi connectivity index (χ0) is 19.6. The number of alkyl halides is 1. The van der Waals surface area contributed by atoms with Gasteiger partial charge in [-0.15, -0.1) is 0 Å². The Bertz CT molecular complexity index is 1090. The minimum atomic E-state index is -4.03. The van der Waals surface area contributed by atoms with Crippen LogP contribution in [0, 0.1) is 0 Å². The van der Waals surface area contributed by atoms with Crippen molar-refractivity contribution in [1.29, 1.82) is 0 Å². The maximum Gasteiger partial charge on any atom is 0.266 e. The van der Waals surface area contributed by atoms with E-state index in [-0.39, 0.29) is 33.7 Å². The summed E-state index contributed by atoms with van der Waals surface area (Å²) in [5.74, 6) is -0.308. The zero-order valence-electron chi connectivity index (χ0n) is 13.8. The summed E-state index contributed by atoms with van der Waals surface area (Å²) in [5.41, 5.74) is 0.559. The second-order valence-electron chi connectivity index (χ2n) is 5.16. The molecule has 2 aromatic heterocycles. The SMILES string of the molecule is COc1nc(NS(=O)(=O)c2c[nH]c3cc(Cl)ccc23)nc(OCCF)c1Br. The van der Waals surface area contributed by atoms with Crippen molar-refractivity contribution in [3.8, 4) is 11.8 Å². The first-order valence-corrected chi connectivity index (χ1v) is 10.1. The van der Waals surface area contributed by atoms with E-state index in [1.165, 1.54) is 13.3 Å². The number of nitrogens with zero attached hydrogens (tertiary/aromatic N) is 2. The predicted octanol–water partition coefficient (Wildman–Crippen LogP) is 3.53. The van der Waals surface area contributed by atoms with Gasteiger partial charge in [0.15, 0.2) is 0 Å². The van der Waals surface area contributed by atoms with Gasteiger partial charge in [0.1, 0.15) is 22.6 Å². The lowest BCUT2D eigenvalue weighted by atomic mass is 10.2. The van der Waals surface area contributed by atoms with Gasteiger partial charge in [0, 0.05) is 22.1 Å². The van der Waals surface area contributed by atoms with Gasteiger partial charge in [-0.25, -0.2) is 17.5 Å². The number of fused-ring (bicyclic) bond motifs is 1. The molecular formula is C15H13BrClFN4O4S. The Labute approximate surface area is 167 Å². The van der Waals surface area contributed by atoms with Crippen molar-refractivity contribution in [2.75, 3.05) is 25.1 Å². The molecule has 0 amide bonds. The number of ether oxygens (including phenoxy) is 2. The normalized spacial score (nSPS) is 11.6. The fourth-order valence-corrected chi connectivity index (χ4v) is 4.04. The molecule has 0 saturated carbocycles. The Morgan fingerprint density at radius 2 is 2.07 bits per heavy atom. The van der Waals surface area contributed by atoms with Crippen molar-refractivity contribution in [2.24, 2.45) is 0 Å². The number of aromatic amines is 1. The van der Waals surface area contributed by atoms with Crippen molar-refractivity contribution in [2.45, 2.75) is 4.90 Å². The van der Waals surface area contributed by atoms with Crippen LogP contribution in [-0.4, -0.2) is 43.8 Å². The van der Waals surface area contributed by atoms with Gasteiger partial charge in [-0.1, -0.05) is 11.6 Å². The molecule has 3 rings (SSSR count). The number of halogens is 3. The monoisotopic (exact) mass is 478 g/mol. The Morgan fingerprint density at radius 3 is 2.78 bits per heavy atom. The van der Waals surface area contributed by atoms with Crippen LogP contribution in [0.3, 0.4) is 0 Å². The van der Waals surface area contributed by atoms with Crippen LogP contribution in [0.5, 0.6) is 11.8 Å². The Kier molecular flexibility index (Phi) is 5.72. The summed E-state index contributed by atoms with van der Waals surface area (Å²) >= 11 is 9.09. The van der Waals surface area contributed by atoms with Crippen LogP contribution in [0.1, 0.15) is 0 Å². The number of nitrogens with one attached hydrogen (secondary N) is 2. The molecule has 0 fully saturated rings. The summed E-state index contributed by atoms with van der Waals surface area (Å²) in [6.07, 6.45) is 1.33. The highest BCUT2D eigenvalue weighted by atomic mass is 79.9. The lowest BCUT2D eigenvalue weighted by molar-refractivity contribution is 0.260. The van der Waals surface area contributed by atoms with Crippen LogP contribution < -0.4 is 14.2 Å². The molecule has 0 saturated heterocycles. The van der Waals surface area contributed by atoms with Crippen molar-refractivity contribution < 1.29 is 22.3 Å². The molecule has 144 valence electrons. The molecule has 0 aliphatic rings. The lowest BCUT2D eigenvalue weighted by Crippen LogP contribution is -2.16. The second-order valence-corrected chi connectivity index (χ2v) is 8.04. The van der Waals surface area contributed by atoms with Gasteiger partial charge >= 0.3 is 0 Å². The van der Waals surface area contributed by atoms with E-state index in [0.29, 0.717) is 15.9 Å². The maximum absolute atomic E-state index is 12.8. The topological polar surface area (TPSA) is 106 Å². The molecule has 2 N–H and O–H groups in total. The average Bonchev–Trinajstić information content (AvgIpc) is 3.05. The number of hydrogen-bond donors (Lipinski definition) is 2. The molecule has 3 aromatic rings. The molecule has 8 nitrogen and oxygen atoms in total. The van der Waals surface area contributed by atoms with Crippen molar-refractivity contribution in [3.05, 3.63) is 33.9 Å². The fourth-order valence-electron chi connectivity index (χ4n) is 2.29. The van der Waals surface area contributed by atoms with Crippen LogP contribution in [-0.2, 0) is 10.0 Å². The molecule has 0 aliphatic carbocycles. The van der Waals surface area contributed by atoms with Gasteiger partial charge in [0.05, 0.1) is 7.11 Å². The van der Waals surface area contributed by atoms with Gasteiger partial charge < -0.3 is 14.5 Å². The van der Waals surface area contributed by atoms with Crippen molar-refractivity contribution in [1.82, 2.24) is 15.0 Å². The van der Waals surface area contributed by atoms with E-state index in [0.717, 1.165) is 0 Å². The molecule has 27 heavy (non-hydrogen) atoms. The number of aromatic nitrogens is 3. The average molecular weight is 480 g/mol. The molecule has 12 heteroatoms. The Hall–Kier alpha value is -2.11. The second kappa shape index (κ2) is 7.87. The fraction of sp³-hybridized carbons (Fsp3) is 0.200. The van der Waals surface area contributed by atoms with Crippen LogP contribution in [0.2, 0.25) is 5.02 Å². The first-order valence-electron chi connectivity index (χ1n) is 7.45. The Morgan fingerprint density at radius 1 is 1.33 bits per heavy atom. The lowest BCUT2D eigenvalue weighted by Gasteiger charge is -2.12. The predicted molar refractivity (Wildman–Crippen MR) is 102 cm³/mol. The highest BCUT2D eigenvalue weighted by Crippen LogP contribution is 2.33. The quantitative estimate of drug-likeness (QED) is 0.537. The van der Waals surface area contributed by atoms with E-state index >= 15 is 0 Å². The first-order chi connectivity index (χ1) is 12.9. The highest BCUT2D eigenvalue weighted by molar-refractivity contribution is 9.10. The number of H-pyrrole nitrogens is 1. The standard InChI is InChI=1S/C15H13BrClFN4O4S/c1-25-13-12(16)14(26-5-4-18)21-15(20-13)22-27(23,24)11-7-19-10-6-8(17)2-3-9(10)11/h2-3,6-7,19H,4-5H2,1H3,(H,20,21,22). The third kappa shape index (κ3) is 4.09. The molecular weight excluding hydrogens is 467 g/mol. The van der Waals surface area contributed by atoms with Crippen LogP contribution in [0.25, 0.3) is 10.9 Å². The van der Waals surface area contributed by atoms with E-state index < -0.39 is 16.7 Å². The summed E-state index contributed by atoms with van der Waals surface area (Å²) in [6.45, 7) is -0.994.